The molecule has 1 heterocycles. The molecule has 35 valence electrons. The number of nitrogens with zero attached hydrogens (tertiary/aromatic N) is 1. The first-order valence-corrected chi connectivity index (χ1v) is 2.21. The Kier molecular flexibility index (Phi) is 1.47. The maximum Gasteiger partial charge on any atom is 0.112 e. The Morgan fingerprint density at radius 1 is 1.50 bits per heavy atom. The maximum atomic E-state index is 4.90. The second-order valence-electron chi connectivity index (χ2n) is 1.34. The zero-order valence-corrected chi connectivity index (χ0v) is 3.68. The van der Waals surface area contributed by atoms with E-state index >= 15 is 0 Å². The maximum absolute atomic E-state index is 4.90. The second kappa shape index (κ2) is 2.16. The smallest absolute Gasteiger partial charge is 0.112 e. The lowest BCUT2D eigenvalue weighted by molar-refractivity contribution is 0.0818. The molecule has 1 aliphatic heterocycles. The van der Waals surface area contributed by atoms with Crippen molar-refractivity contribution in [2.45, 2.75) is 6.42 Å². The van der Waals surface area contributed by atoms with Crippen molar-refractivity contribution in [3.63, 3.8) is 0 Å². The first-order chi connectivity index (χ1) is 3.00. The molecular formula is C4H8NO. The van der Waals surface area contributed by atoms with Gasteiger partial charge in [-0.2, -0.15) is 0 Å². The number of rotatable bonds is 0. The molecule has 2 heteroatoms. The van der Waals surface area contributed by atoms with E-state index in [4.69, 9.17) is 4.74 Å². The van der Waals surface area contributed by atoms with Crippen molar-refractivity contribution in [3.8, 4) is 0 Å². The van der Waals surface area contributed by atoms with E-state index in [-0.39, 0.29) is 0 Å². The Morgan fingerprint density at radius 3 is 2.67 bits per heavy atom. The summed E-state index contributed by atoms with van der Waals surface area (Å²) in [7, 11) is 0. The minimum Gasteiger partial charge on any atom is -0.365 e. The zero-order chi connectivity index (χ0) is 4.24. The van der Waals surface area contributed by atoms with Crippen LogP contribution < -0.4 is 5.32 Å². The molecule has 1 saturated heterocycles. The van der Waals surface area contributed by atoms with Crippen molar-refractivity contribution >= 4 is 0 Å². The first-order valence-electron chi connectivity index (χ1n) is 2.21. The van der Waals surface area contributed by atoms with Crippen molar-refractivity contribution in [1.82, 2.24) is 5.32 Å². The fraction of sp³-hybridized carbons (Fsp3) is 1.00. The van der Waals surface area contributed by atoms with Gasteiger partial charge >= 0.3 is 0 Å². The molecule has 0 bridgehead atoms. The van der Waals surface area contributed by atoms with Gasteiger partial charge in [0, 0.05) is 13.2 Å². The molecule has 0 aromatic carbocycles. The van der Waals surface area contributed by atoms with E-state index in [9.17, 15) is 0 Å². The number of hydrogen-bond acceptors (Lipinski definition) is 1. The molecule has 1 fully saturated rings. The largest absolute Gasteiger partial charge is 0.365 e. The van der Waals surface area contributed by atoms with Gasteiger partial charge < -0.3 is 4.74 Å². The van der Waals surface area contributed by atoms with Crippen LogP contribution in [0, 0.1) is 0 Å². The molecule has 0 aromatic heterocycles. The van der Waals surface area contributed by atoms with Crippen molar-refractivity contribution in [2.75, 3.05) is 19.9 Å². The molecule has 0 N–H and O–H groups in total. The van der Waals surface area contributed by atoms with Gasteiger partial charge in [-0.3, -0.25) is 0 Å². The van der Waals surface area contributed by atoms with Crippen LogP contribution in [0.1, 0.15) is 6.42 Å². The molecule has 0 spiro atoms. The normalized spacial score (nSPS) is 24.0. The lowest BCUT2D eigenvalue weighted by Gasteiger charge is -2.08. The standard InChI is InChI=1S/C4H8NO/c1-2-5-4-6-3-1/h1-4H2. The van der Waals surface area contributed by atoms with E-state index in [1.807, 2.05) is 0 Å². The fourth-order valence-corrected chi connectivity index (χ4v) is 0.472. The van der Waals surface area contributed by atoms with Crippen LogP contribution in [0.4, 0.5) is 0 Å². The average molecular weight is 86.1 g/mol. The summed E-state index contributed by atoms with van der Waals surface area (Å²) in [5.74, 6) is 0. The van der Waals surface area contributed by atoms with Crippen LogP contribution in [0.15, 0.2) is 0 Å². The molecule has 0 unspecified atom stereocenters. The second-order valence-corrected chi connectivity index (χ2v) is 1.34. The lowest BCUT2D eigenvalue weighted by atomic mass is 10.4. The van der Waals surface area contributed by atoms with Crippen LogP contribution in [0.3, 0.4) is 0 Å². The Balaban J connectivity index is 2.00. The molecule has 0 amide bonds. The van der Waals surface area contributed by atoms with Gasteiger partial charge in [-0.25, -0.2) is 5.32 Å². The van der Waals surface area contributed by atoms with E-state index in [0.29, 0.717) is 6.73 Å². The van der Waals surface area contributed by atoms with Crippen molar-refractivity contribution in [1.29, 1.82) is 0 Å². The third kappa shape index (κ3) is 0.954. The molecule has 0 atom stereocenters. The third-order valence-electron chi connectivity index (χ3n) is 0.787. The summed E-state index contributed by atoms with van der Waals surface area (Å²) < 4.78 is 4.90. The van der Waals surface area contributed by atoms with Crippen LogP contribution in [-0.2, 0) is 4.74 Å². The van der Waals surface area contributed by atoms with Gasteiger partial charge in [0.1, 0.15) is 6.73 Å². The molecule has 1 rings (SSSR count). The molecule has 1 aliphatic rings. The fourth-order valence-electron chi connectivity index (χ4n) is 0.472. The SMILES string of the molecule is C1C[N]COC1. The molecule has 2 nitrogen and oxygen atoms in total. The molecule has 1 radical (unpaired) electrons. The first kappa shape index (κ1) is 4.09. The Labute approximate surface area is 37.5 Å². The van der Waals surface area contributed by atoms with E-state index in [1.54, 1.807) is 0 Å². The molecule has 6 heavy (non-hydrogen) atoms. The van der Waals surface area contributed by atoms with Gasteiger partial charge in [0.25, 0.3) is 0 Å². The summed E-state index contributed by atoms with van der Waals surface area (Å²) in [6.45, 7) is 2.53. The van der Waals surface area contributed by atoms with Crippen LogP contribution in [0.25, 0.3) is 0 Å². The monoisotopic (exact) mass is 86.1 g/mol. The quantitative estimate of drug-likeness (QED) is 0.406. The lowest BCUT2D eigenvalue weighted by Crippen LogP contribution is -2.19. The van der Waals surface area contributed by atoms with Crippen molar-refractivity contribution < 1.29 is 4.74 Å². The predicted octanol–water partition coefficient (Wildman–Crippen LogP) is -0.0314. The molecule has 0 aromatic rings. The Bertz CT molecular complexity index is 23.0. The summed E-state index contributed by atoms with van der Waals surface area (Å²) >= 11 is 0. The van der Waals surface area contributed by atoms with Crippen molar-refractivity contribution in [3.05, 3.63) is 0 Å². The summed E-state index contributed by atoms with van der Waals surface area (Å²) in [6, 6.07) is 0. The Morgan fingerprint density at radius 2 is 2.50 bits per heavy atom. The highest BCUT2D eigenvalue weighted by Gasteiger charge is 1.94. The third-order valence-corrected chi connectivity index (χ3v) is 0.787. The highest BCUT2D eigenvalue weighted by Crippen LogP contribution is 1.86. The number of ether oxygens (including phenoxy) is 1. The van der Waals surface area contributed by atoms with Crippen LogP contribution in [-0.4, -0.2) is 19.9 Å². The summed E-state index contributed by atoms with van der Waals surface area (Å²) in [4.78, 5) is 0. The number of hydrogen-bond donors (Lipinski definition) is 0. The van der Waals surface area contributed by atoms with E-state index < -0.39 is 0 Å². The van der Waals surface area contributed by atoms with Gasteiger partial charge in [0.05, 0.1) is 0 Å². The van der Waals surface area contributed by atoms with Crippen molar-refractivity contribution in [2.24, 2.45) is 0 Å². The molecule has 0 saturated carbocycles. The predicted molar refractivity (Wildman–Crippen MR) is 22.4 cm³/mol. The van der Waals surface area contributed by atoms with Gasteiger partial charge in [0.2, 0.25) is 0 Å². The van der Waals surface area contributed by atoms with Gasteiger partial charge in [0.15, 0.2) is 0 Å². The zero-order valence-electron chi connectivity index (χ0n) is 3.68. The minimum atomic E-state index is 0.625. The summed E-state index contributed by atoms with van der Waals surface area (Å²) in [6.07, 6.45) is 1.11. The van der Waals surface area contributed by atoms with E-state index in [0.717, 1.165) is 19.6 Å². The Hall–Kier alpha value is -0.0800. The topological polar surface area (TPSA) is 23.3 Å². The molecular weight excluding hydrogens is 78.0 g/mol. The average Bonchev–Trinajstić information content (AvgIpc) is 1.72. The van der Waals surface area contributed by atoms with Gasteiger partial charge in [-0.15, -0.1) is 0 Å². The minimum absolute atomic E-state index is 0.625. The van der Waals surface area contributed by atoms with Crippen LogP contribution >= 0.6 is 0 Å². The van der Waals surface area contributed by atoms with Gasteiger partial charge in [-0.1, -0.05) is 0 Å². The van der Waals surface area contributed by atoms with Crippen LogP contribution in [0.5, 0.6) is 0 Å². The highest BCUT2D eigenvalue weighted by atomic mass is 16.5. The van der Waals surface area contributed by atoms with Gasteiger partial charge in [-0.05, 0) is 6.42 Å². The summed E-state index contributed by atoms with van der Waals surface area (Å²) in [5, 5.41) is 3.95. The summed E-state index contributed by atoms with van der Waals surface area (Å²) in [5.41, 5.74) is 0. The molecule has 0 aliphatic carbocycles. The highest BCUT2D eigenvalue weighted by molar-refractivity contribution is 4.44. The van der Waals surface area contributed by atoms with Crippen LogP contribution in [0.2, 0.25) is 0 Å². The van der Waals surface area contributed by atoms with E-state index in [2.05, 4.69) is 5.32 Å². The van der Waals surface area contributed by atoms with E-state index in [1.165, 1.54) is 0 Å².